The van der Waals surface area contributed by atoms with Crippen molar-refractivity contribution in [1.29, 1.82) is 0 Å². The number of benzene rings is 1. The first-order chi connectivity index (χ1) is 5.11. The number of aryl methyl sites for hydroxylation is 1. The molecule has 0 amide bonds. The fraction of sp³-hybridized carbons (Fsp3) is 0.143. The van der Waals surface area contributed by atoms with Gasteiger partial charge < -0.3 is 0 Å². The molecule has 0 aliphatic heterocycles. The standard InChI is InChI=1S/C7H7ClO2S/c1-5-2-3-6(11(9)10)4-7(5)8/h2-4,11H,1H3. The fourth-order valence-corrected chi connectivity index (χ4v) is 1.38. The lowest BCUT2D eigenvalue weighted by Gasteiger charge is -1.96. The maximum absolute atomic E-state index is 10.4. The van der Waals surface area contributed by atoms with Crippen LogP contribution in [0.4, 0.5) is 0 Å². The van der Waals surface area contributed by atoms with E-state index in [1.54, 1.807) is 6.07 Å². The molecule has 0 fully saturated rings. The Bertz CT molecular complexity index is 336. The van der Waals surface area contributed by atoms with Gasteiger partial charge in [-0.05, 0) is 24.6 Å². The molecule has 0 aliphatic rings. The van der Waals surface area contributed by atoms with Crippen LogP contribution in [0.5, 0.6) is 0 Å². The van der Waals surface area contributed by atoms with Gasteiger partial charge in [0.1, 0.15) is 0 Å². The third kappa shape index (κ3) is 1.94. The van der Waals surface area contributed by atoms with E-state index in [2.05, 4.69) is 0 Å². The summed E-state index contributed by atoms with van der Waals surface area (Å²) < 4.78 is 20.9. The summed E-state index contributed by atoms with van der Waals surface area (Å²) in [5, 5.41) is 0.488. The molecule has 0 radical (unpaired) electrons. The fourth-order valence-electron chi connectivity index (χ4n) is 0.695. The van der Waals surface area contributed by atoms with E-state index in [0.29, 0.717) is 5.02 Å². The van der Waals surface area contributed by atoms with Gasteiger partial charge in [-0.25, -0.2) is 8.42 Å². The maximum Gasteiger partial charge on any atom is 0.168 e. The third-order valence-electron chi connectivity index (χ3n) is 1.37. The van der Waals surface area contributed by atoms with Crippen LogP contribution in [0.2, 0.25) is 5.02 Å². The third-order valence-corrected chi connectivity index (χ3v) is 2.47. The van der Waals surface area contributed by atoms with Gasteiger partial charge in [0.25, 0.3) is 0 Å². The van der Waals surface area contributed by atoms with Crippen molar-refractivity contribution in [3.05, 3.63) is 28.8 Å². The van der Waals surface area contributed by atoms with Gasteiger partial charge in [0.15, 0.2) is 10.7 Å². The molecule has 1 rings (SSSR count). The summed E-state index contributed by atoms with van der Waals surface area (Å²) in [4.78, 5) is 0.260. The first kappa shape index (κ1) is 8.56. The summed E-state index contributed by atoms with van der Waals surface area (Å²) in [6.07, 6.45) is 0. The second-order valence-electron chi connectivity index (χ2n) is 2.19. The Hall–Kier alpha value is -0.540. The van der Waals surface area contributed by atoms with E-state index in [1.165, 1.54) is 12.1 Å². The minimum absolute atomic E-state index is 0.260. The van der Waals surface area contributed by atoms with Crippen LogP contribution in [0, 0.1) is 6.92 Å². The molecule has 0 bridgehead atoms. The Balaban J connectivity index is 3.26. The Kier molecular flexibility index (Phi) is 2.52. The highest BCUT2D eigenvalue weighted by Gasteiger charge is 1.98. The van der Waals surface area contributed by atoms with Crippen LogP contribution >= 0.6 is 11.6 Å². The van der Waals surface area contributed by atoms with Crippen molar-refractivity contribution in [1.82, 2.24) is 0 Å². The van der Waals surface area contributed by atoms with Crippen LogP contribution in [0.15, 0.2) is 23.1 Å². The molecule has 0 N–H and O–H groups in total. The molecular formula is C7H7ClO2S. The zero-order valence-electron chi connectivity index (χ0n) is 5.87. The summed E-state index contributed by atoms with van der Waals surface area (Å²) in [7, 11) is -2.51. The molecule has 4 heteroatoms. The Morgan fingerprint density at radius 3 is 2.45 bits per heavy atom. The van der Waals surface area contributed by atoms with Gasteiger partial charge in [-0.3, -0.25) is 0 Å². The van der Waals surface area contributed by atoms with Gasteiger partial charge in [0, 0.05) is 5.02 Å². The molecule has 2 nitrogen and oxygen atoms in total. The molecule has 0 aromatic heterocycles. The molecule has 0 aliphatic carbocycles. The molecule has 0 atom stereocenters. The van der Waals surface area contributed by atoms with Crippen LogP contribution in [-0.4, -0.2) is 8.42 Å². The van der Waals surface area contributed by atoms with E-state index in [1.807, 2.05) is 6.92 Å². The summed E-state index contributed by atoms with van der Waals surface area (Å²) in [5.41, 5.74) is 0.882. The van der Waals surface area contributed by atoms with Gasteiger partial charge in [-0.2, -0.15) is 0 Å². The lowest BCUT2D eigenvalue weighted by atomic mass is 10.2. The summed E-state index contributed by atoms with van der Waals surface area (Å²) in [6, 6.07) is 4.66. The predicted octanol–water partition coefficient (Wildman–Crippen LogP) is 1.62. The highest BCUT2D eigenvalue weighted by atomic mass is 35.5. The predicted molar refractivity (Wildman–Crippen MR) is 44.8 cm³/mol. The Labute approximate surface area is 71.8 Å². The molecule has 60 valence electrons. The molecule has 0 saturated heterocycles. The van der Waals surface area contributed by atoms with E-state index in [0.717, 1.165) is 5.56 Å². The highest BCUT2D eigenvalue weighted by Crippen LogP contribution is 2.16. The average molecular weight is 191 g/mol. The first-order valence-electron chi connectivity index (χ1n) is 3.02. The Morgan fingerprint density at radius 1 is 1.36 bits per heavy atom. The van der Waals surface area contributed by atoms with E-state index in [-0.39, 0.29) is 4.90 Å². The number of halogens is 1. The SMILES string of the molecule is Cc1ccc([SH](=O)=O)cc1Cl. The van der Waals surface area contributed by atoms with Crippen molar-refractivity contribution in [3.63, 3.8) is 0 Å². The summed E-state index contributed by atoms with van der Waals surface area (Å²) in [5.74, 6) is 0. The van der Waals surface area contributed by atoms with Crippen molar-refractivity contribution in [2.45, 2.75) is 11.8 Å². The van der Waals surface area contributed by atoms with Crippen molar-refractivity contribution < 1.29 is 8.42 Å². The van der Waals surface area contributed by atoms with Crippen LogP contribution < -0.4 is 0 Å². The molecule has 0 unspecified atom stereocenters. The van der Waals surface area contributed by atoms with Crippen molar-refractivity contribution in [2.75, 3.05) is 0 Å². The van der Waals surface area contributed by atoms with E-state index >= 15 is 0 Å². The van der Waals surface area contributed by atoms with Gasteiger partial charge in [0.2, 0.25) is 0 Å². The molecule has 1 aromatic rings. The number of rotatable bonds is 1. The Morgan fingerprint density at radius 2 is 2.00 bits per heavy atom. The zero-order chi connectivity index (χ0) is 8.43. The largest absolute Gasteiger partial charge is 0.227 e. The summed E-state index contributed by atoms with van der Waals surface area (Å²) in [6.45, 7) is 1.82. The monoisotopic (exact) mass is 190 g/mol. The smallest absolute Gasteiger partial charge is 0.168 e. The normalized spacial score (nSPS) is 10.5. The first-order valence-corrected chi connectivity index (χ1v) is 4.57. The quantitative estimate of drug-likeness (QED) is 0.683. The molecule has 0 spiro atoms. The number of hydrogen-bond acceptors (Lipinski definition) is 2. The minimum atomic E-state index is -2.51. The second-order valence-corrected chi connectivity index (χ2v) is 3.63. The van der Waals surface area contributed by atoms with Gasteiger partial charge >= 0.3 is 0 Å². The summed E-state index contributed by atoms with van der Waals surface area (Å²) >= 11 is 5.69. The van der Waals surface area contributed by atoms with Gasteiger partial charge in [0.05, 0.1) is 4.90 Å². The van der Waals surface area contributed by atoms with E-state index in [9.17, 15) is 8.42 Å². The van der Waals surface area contributed by atoms with Crippen LogP contribution in [0.25, 0.3) is 0 Å². The van der Waals surface area contributed by atoms with Crippen molar-refractivity contribution in [3.8, 4) is 0 Å². The molecule has 11 heavy (non-hydrogen) atoms. The number of thiol groups is 1. The van der Waals surface area contributed by atoms with Crippen LogP contribution in [0.3, 0.4) is 0 Å². The lowest BCUT2D eigenvalue weighted by molar-refractivity contribution is 0.614. The van der Waals surface area contributed by atoms with E-state index < -0.39 is 10.7 Å². The average Bonchev–Trinajstić information content (AvgIpc) is 1.94. The molecule has 0 saturated carbocycles. The molecular weight excluding hydrogens is 184 g/mol. The van der Waals surface area contributed by atoms with Gasteiger partial charge in [-0.15, -0.1) is 0 Å². The van der Waals surface area contributed by atoms with Crippen molar-refractivity contribution >= 4 is 22.3 Å². The maximum atomic E-state index is 10.4. The van der Waals surface area contributed by atoms with Gasteiger partial charge in [-0.1, -0.05) is 17.7 Å². The second kappa shape index (κ2) is 3.24. The highest BCUT2D eigenvalue weighted by molar-refractivity contribution is 7.72. The molecule has 1 aromatic carbocycles. The lowest BCUT2D eigenvalue weighted by Crippen LogP contribution is -1.81. The zero-order valence-corrected chi connectivity index (χ0v) is 7.52. The topological polar surface area (TPSA) is 34.1 Å². The minimum Gasteiger partial charge on any atom is -0.227 e. The number of hydrogen-bond donors (Lipinski definition) is 1. The van der Waals surface area contributed by atoms with Crippen molar-refractivity contribution in [2.24, 2.45) is 0 Å². The van der Waals surface area contributed by atoms with Crippen LogP contribution in [-0.2, 0) is 10.7 Å². The van der Waals surface area contributed by atoms with E-state index in [4.69, 9.17) is 11.6 Å². The molecule has 0 heterocycles. The van der Waals surface area contributed by atoms with Crippen LogP contribution in [0.1, 0.15) is 5.56 Å².